The third-order valence-corrected chi connectivity index (χ3v) is 7.37. The molecule has 8 nitrogen and oxygen atoms in total. The predicted octanol–water partition coefficient (Wildman–Crippen LogP) is 6.30. The number of unbranched alkanes of at least 4 members (excludes halogenated alkanes) is 1. The molecule has 3 amide bonds. The number of carbonyl (C=O) groups excluding carboxylic acids is 4. The van der Waals surface area contributed by atoms with Crippen LogP contribution in [0.2, 0.25) is 25.1 Å². The molecule has 13 heteroatoms. The molecule has 3 rings (SSSR count). The Labute approximate surface area is 231 Å². The number of amides is 3. The van der Waals surface area contributed by atoms with Crippen LogP contribution in [0.3, 0.4) is 0 Å². The van der Waals surface area contributed by atoms with Crippen LogP contribution in [0, 0.1) is 0 Å². The van der Waals surface area contributed by atoms with Gasteiger partial charge in [-0.3, -0.25) is 19.3 Å². The van der Waals surface area contributed by atoms with Gasteiger partial charge in [-0.1, -0.05) is 77.8 Å². The van der Waals surface area contributed by atoms with Gasteiger partial charge >= 0.3 is 5.97 Å². The van der Waals surface area contributed by atoms with Gasteiger partial charge in [0.15, 0.2) is 6.61 Å². The second-order valence-corrected chi connectivity index (χ2v) is 9.59. The minimum atomic E-state index is -1.34. The van der Waals surface area contributed by atoms with Gasteiger partial charge < -0.3 is 14.8 Å². The van der Waals surface area contributed by atoms with Crippen molar-refractivity contribution in [3.63, 3.8) is 0 Å². The Balaban J connectivity index is 1.81. The van der Waals surface area contributed by atoms with Crippen LogP contribution in [0.5, 0.6) is 5.75 Å². The summed E-state index contributed by atoms with van der Waals surface area (Å²) < 4.78 is 10.3. The van der Waals surface area contributed by atoms with Crippen LogP contribution in [0.4, 0.5) is 5.69 Å². The topological polar surface area (TPSA) is 102 Å². The molecular weight excluding hydrogens is 578 g/mol. The highest BCUT2D eigenvalue weighted by atomic mass is 35.5. The Kier molecular flexibility index (Phi) is 9.35. The van der Waals surface area contributed by atoms with Crippen LogP contribution < -0.4 is 10.1 Å². The van der Waals surface area contributed by atoms with Gasteiger partial charge in [0.1, 0.15) is 11.8 Å². The number of rotatable bonds is 9. The molecular formula is C23H19Cl5N2O6. The minimum Gasteiger partial charge on any atom is -0.495 e. The van der Waals surface area contributed by atoms with E-state index in [0.29, 0.717) is 28.5 Å². The highest BCUT2D eigenvalue weighted by Gasteiger charge is 2.47. The molecule has 2 aromatic rings. The van der Waals surface area contributed by atoms with E-state index >= 15 is 0 Å². The summed E-state index contributed by atoms with van der Waals surface area (Å²) in [5, 5.41) is 2.00. The molecule has 0 saturated heterocycles. The van der Waals surface area contributed by atoms with Gasteiger partial charge in [0, 0.05) is 5.02 Å². The second kappa shape index (κ2) is 11.9. The number of methoxy groups -OCH3 is 1. The van der Waals surface area contributed by atoms with Crippen molar-refractivity contribution in [2.75, 3.05) is 19.0 Å². The predicted molar refractivity (Wildman–Crippen MR) is 138 cm³/mol. The summed E-state index contributed by atoms with van der Waals surface area (Å²) in [4.78, 5) is 52.5. The fourth-order valence-corrected chi connectivity index (χ4v) is 4.78. The largest absolute Gasteiger partial charge is 0.495 e. The number of hydrogen-bond donors (Lipinski definition) is 1. The number of carbonyl (C=O) groups is 4. The van der Waals surface area contributed by atoms with Crippen LogP contribution in [0.15, 0.2) is 18.2 Å². The van der Waals surface area contributed by atoms with Crippen LogP contribution in [0.1, 0.15) is 46.9 Å². The lowest BCUT2D eigenvalue weighted by Crippen LogP contribution is -2.46. The lowest BCUT2D eigenvalue weighted by molar-refractivity contribution is -0.151. The molecule has 0 spiro atoms. The van der Waals surface area contributed by atoms with Crippen molar-refractivity contribution in [1.82, 2.24) is 4.90 Å². The fourth-order valence-electron chi connectivity index (χ4n) is 3.60. The zero-order valence-corrected chi connectivity index (χ0v) is 22.7. The van der Waals surface area contributed by atoms with Gasteiger partial charge in [-0.15, -0.1) is 0 Å². The maximum atomic E-state index is 13.2. The number of nitrogens with zero attached hydrogens (tertiary/aromatic N) is 1. The molecule has 1 N–H and O–H groups in total. The number of benzene rings is 2. The van der Waals surface area contributed by atoms with Gasteiger partial charge in [-0.25, -0.2) is 4.79 Å². The maximum absolute atomic E-state index is 13.2. The van der Waals surface area contributed by atoms with E-state index in [1.54, 1.807) is 12.1 Å². The maximum Gasteiger partial charge on any atom is 0.329 e. The smallest absolute Gasteiger partial charge is 0.329 e. The van der Waals surface area contributed by atoms with Gasteiger partial charge in [0.05, 0.1) is 44.0 Å². The molecule has 0 bridgehead atoms. The van der Waals surface area contributed by atoms with Crippen molar-refractivity contribution in [1.29, 1.82) is 0 Å². The molecule has 0 aliphatic carbocycles. The van der Waals surface area contributed by atoms with E-state index in [2.05, 4.69) is 5.32 Å². The Morgan fingerprint density at radius 3 is 2.08 bits per heavy atom. The van der Waals surface area contributed by atoms with Crippen LogP contribution in [0.25, 0.3) is 0 Å². The zero-order chi connectivity index (χ0) is 26.7. The number of imide groups is 1. The van der Waals surface area contributed by atoms with Crippen molar-refractivity contribution in [3.05, 3.63) is 54.4 Å². The molecule has 2 aromatic carbocycles. The molecule has 0 unspecified atom stereocenters. The minimum absolute atomic E-state index is 0.0846. The Bertz CT molecular complexity index is 1210. The number of nitrogens with one attached hydrogen (secondary N) is 1. The van der Waals surface area contributed by atoms with E-state index in [1.165, 1.54) is 13.2 Å². The van der Waals surface area contributed by atoms with Crippen molar-refractivity contribution in [2.24, 2.45) is 0 Å². The number of anilines is 1. The molecule has 0 aromatic heterocycles. The number of ether oxygens (including phenoxy) is 2. The molecule has 0 radical (unpaired) electrons. The van der Waals surface area contributed by atoms with Crippen LogP contribution in [-0.4, -0.2) is 48.3 Å². The zero-order valence-electron chi connectivity index (χ0n) is 18.9. The van der Waals surface area contributed by atoms with Crippen LogP contribution >= 0.6 is 58.0 Å². The fraction of sp³-hybridized carbons (Fsp3) is 0.304. The quantitative estimate of drug-likeness (QED) is 0.158. The average Bonchev–Trinajstić information content (AvgIpc) is 3.10. The third-order valence-electron chi connectivity index (χ3n) is 5.33. The molecule has 1 aliphatic heterocycles. The van der Waals surface area contributed by atoms with Gasteiger partial charge in [0.25, 0.3) is 17.7 Å². The normalized spacial score (nSPS) is 13.5. The summed E-state index contributed by atoms with van der Waals surface area (Å²) in [6.45, 7) is 1.17. The van der Waals surface area contributed by atoms with E-state index in [-0.39, 0.29) is 43.3 Å². The summed E-state index contributed by atoms with van der Waals surface area (Å²) in [6.07, 6.45) is 1.21. The van der Waals surface area contributed by atoms with Gasteiger partial charge in [0.2, 0.25) is 0 Å². The molecule has 0 fully saturated rings. The standard InChI is InChI=1S/C23H19Cl5N2O6/c1-3-4-5-12(23(34)36-9-14(31)29-11-8-10(24)6-7-13(11)35-2)30-21(32)15-16(22(30)33)18(26)20(28)19(27)17(15)25/h6-8,12H,3-5,9H2,1-2H3,(H,29,31)/t12-/m0/s1. The summed E-state index contributed by atoms with van der Waals surface area (Å²) >= 11 is 30.4. The monoisotopic (exact) mass is 594 g/mol. The summed E-state index contributed by atoms with van der Waals surface area (Å²) in [6, 6.07) is 3.26. The third kappa shape index (κ3) is 5.53. The van der Waals surface area contributed by atoms with Crippen molar-refractivity contribution < 1.29 is 28.7 Å². The number of fused-ring (bicyclic) bond motifs is 1. The SMILES string of the molecule is CCCC[C@@H](C(=O)OCC(=O)Nc1cc(Cl)ccc1OC)N1C(=O)c2c(Cl)c(Cl)c(Cl)c(Cl)c2C1=O. The van der Waals surface area contributed by atoms with E-state index in [1.807, 2.05) is 6.92 Å². The lowest BCUT2D eigenvalue weighted by atomic mass is 10.1. The highest BCUT2D eigenvalue weighted by Crippen LogP contribution is 2.45. The van der Waals surface area contributed by atoms with E-state index in [4.69, 9.17) is 67.5 Å². The number of esters is 1. The van der Waals surface area contributed by atoms with Crippen molar-refractivity contribution in [2.45, 2.75) is 32.2 Å². The van der Waals surface area contributed by atoms with Gasteiger partial charge in [-0.05, 0) is 24.6 Å². The highest BCUT2D eigenvalue weighted by molar-refractivity contribution is 6.55. The molecule has 192 valence electrons. The molecule has 36 heavy (non-hydrogen) atoms. The summed E-state index contributed by atoms with van der Waals surface area (Å²) in [5.74, 6) is -3.05. The van der Waals surface area contributed by atoms with Gasteiger partial charge in [-0.2, -0.15) is 0 Å². The van der Waals surface area contributed by atoms with Crippen LogP contribution in [-0.2, 0) is 14.3 Å². The lowest BCUT2D eigenvalue weighted by Gasteiger charge is -2.24. The molecule has 1 atom stereocenters. The van der Waals surface area contributed by atoms with Crippen molar-refractivity contribution in [3.8, 4) is 5.75 Å². The summed E-state index contributed by atoms with van der Waals surface area (Å²) in [7, 11) is 1.41. The summed E-state index contributed by atoms with van der Waals surface area (Å²) in [5.41, 5.74) is -0.228. The number of hydrogen-bond acceptors (Lipinski definition) is 6. The van der Waals surface area contributed by atoms with E-state index in [9.17, 15) is 19.2 Å². The molecule has 1 heterocycles. The first-order chi connectivity index (χ1) is 17.0. The Morgan fingerprint density at radius 1 is 0.972 bits per heavy atom. The van der Waals surface area contributed by atoms with E-state index < -0.39 is 36.3 Å². The van der Waals surface area contributed by atoms with Crippen molar-refractivity contribution >= 4 is 87.4 Å². The number of halogens is 5. The first kappa shape index (κ1) is 28.3. The first-order valence-electron chi connectivity index (χ1n) is 10.6. The second-order valence-electron chi connectivity index (χ2n) is 7.64. The molecule has 1 aliphatic rings. The Morgan fingerprint density at radius 2 is 1.56 bits per heavy atom. The first-order valence-corrected chi connectivity index (χ1v) is 12.5. The molecule has 0 saturated carbocycles. The Hall–Kier alpha value is -2.23. The average molecular weight is 597 g/mol. The van der Waals surface area contributed by atoms with E-state index in [0.717, 1.165) is 0 Å².